The lowest BCUT2D eigenvalue weighted by atomic mass is 9.99. The van der Waals surface area contributed by atoms with Crippen LogP contribution < -0.4 is 5.32 Å². The van der Waals surface area contributed by atoms with Gasteiger partial charge < -0.3 is 10.4 Å². The fraction of sp³-hybridized carbons (Fsp3) is 0.529. The van der Waals surface area contributed by atoms with Gasteiger partial charge in [-0.15, -0.1) is 0 Å². The largest absolute Gasteiger partial charge is 0.481 e. The molecule has 0 heterocycles. The average Bonchev–Trinajstić information content (AvgIpc) is 2.49. The first-order valence-electron chi connectivity index (χ1n) is 7.69. The van der Waals surface area contributed by atoms with Crippen molar-refractivity contribution in [1.82, 2.24) is 5.32 Å². The maximum atomic E-state index is 13.5. The molecule has 1 aromatic carbocycles. The van der Waals surface area contributed by atoms with Crippen molar-refractivity contribution >= 4 is 11.9 Å². The number of benzene rings is 1. The van der Waals surface area contributed by atoms with Crippen LogP contribution in [0.3, 0.4) is 0 Å². The maximum absolute atomic E-state index is 13.5. The van der Waals surface area contributed by atoms with Crippen LogP contribution >= 0.6 is 0 Å². The smallest absolute Gasteiger partial charge is 0.308 e. The molecule has 2 atom stereocenters. The zero-order valence-corrected chi connectivity index (χ0v) is 13.1. The third-order valence-electron chi connectivity index (χ3n) is 3.76. The number of amides is 1. The summed E-state index contributed by atoms with van der Waals surface area (Å²) in [6, 6.07) is 6.52. The molecule has 1 aromatic rings. The summed E-state index contributed by atoms with van der Waals surface area (Å²) in [6.07, 6.45) is 2.31. The molecule has 1 amide bonds. The summed E-state index contributed by atoms with van der Waals surface area (Å²) in [6.45, 7) is 3.83. The number of carbonyl (C=O) groups excluding carboxylic acids is 1. The van der Waals surface area contributed by atoms with Crippen molar-refractivity contribution < 1.29 is 19.1 Å². The molecule has 0 saturated heterocycles. The van der Waals surface area contributed by atoms with E-state index in [0.717, 1.165) is 6.42 Å². The van der Waals surface area contributed by atoms with Gasteiger partial charge in [0.15, 0.2) is 0 Å². The van der Waals surface area contributed by atoms with E-state index in [0.29, 0.717) is 24.8 Å². The Kier molecular flexibility index (Phi) is 7.57. The molecule has 0 aliphatic carbocycles. The first-order chi connectivity index (χ1) is 10.5. The first kappa shape index (κ1) is 18.1. The standard InChI is InChI=1S/C17H24FNO3/c1-3-6-14(17(21)22)11-19-16(20)12(2)9-10-13-7-4-5-8-15(13)18/h4-5,7-8,12,14H,3,6,9-11H2,1-2H3,(H,19,20)(H,21,22). The molecule has 0 fully saturated rings. The van der Waals surface area contributed by atoms with E-state index in [1.54, 1.807) is 25.1 Å². The number of hydrogen-bond donors (Lipinski definition) is 2. The van der Waals surface area contributed by atoms with Crippen molar-refractivity contribution in [3.05, 3.63) is 35.6 Å². The molecule has 0 spiro atoms. The fourth-order valence-electron chi connectivity index (χ4n) is 2.26. The number of rotatable bonds is 9. The molecule has 0 radical (unpaired) electrons. The molecule has 2 N–H and O–H groups in total. The number of aryl methyl sites for hydroxylation is 1. The molecule has 1 rings (SSSR count). The van der Waals surface area contributed by atoms with E-state index in [-0.39, 0.29) is 24.2 Å². The van der Waals surface area contributed by atoms with E-state index in [1.165, 1.54) is 6.07 Å². The molecule has 0 aliphatic heterocycles. The summed E-state index contributed by atoms with van der Waals surface area (Å²) in [7, 11) is 0. The minimum absolute atomic E-state index is 0.145. The van der Waals surface area contributed by atoms with E-state index in [4.69, 9.17) is 5.11 Å². The van der Waals surface area contributed by atoms with E-state index < -0.39 is 11.9 Å². The van der Waals surface area contributed by atoms with Crippen LogP contribution in [0, 0.1) is 17.7 Å². The molecule has 0 aliphatic rings. The predicted octanol–water partition coefficient (Wildman–Crippen LogP) is 3.01. The van der Waals surface area contributed by atoms with Gasteiger partial charge in [0.1, 0.15) is 5.82 Å². The lowest BCUT2D eigenvalue weighted by Crippen LogP contribution is -2.36. The van der Waals surface area contributed by atoms with E-state index >= 15 is 0 Å². The number of halogens is 1. The van der Waals surface area contributed by atoms with Gasteiger partial charge in [0, 0.05) is 12.5 Å². The van der Waals surface area contributed by atoms with Crippen LogP contribution in [0.15, 0.2) is 24.3 Å². The highest BCUT2D eigenvalue weighted by molar-refractivity contribution is 5.79. The van der Waals surface area contributed by atoms with Gasteiger partial charge in [0.05, 0.1) is 5.92 Å². The Balaban J connectivity index is 2.42. The van der Waals surface area contributed by atoms with Gasteiger partial charge in [-0.05, 0) is 30.9 Å². The van der Waals surface area contributed by atoms with E-state index in [2.05, 4.69) is 5.32 Å². The number of nitrogens with one attached hydrogen (secondary N) is 1. The van der Waals surface area contributed by atoms with Crippen molar-refractivity contribution in [2.24, 2.45) is 11.8 Å². The van der Waals surface area contributed by atoms with Crippen LogP contribution in [0.4, 0.5) is 4.39 Å². The van der Waals surface area contributed by atoms with Crippen LogP contribution in [-0.4, -0.2) is 23.5 Å². The Morgan fingerprint density at radius 2 is 1.95 bits per heavy atom. The lowest BCUT2D eigenvalue weighted by Gasteiger charge is -2.16. The molecular formula is C17H24FNO3. The molecule has 4 nitrogen and oxygen atoms in total. The molecule has 2 unspecified atom stereocenters. The number of hydrogen-bond acceptors (Lipinski definition) is 2. The maximum Gasteiger partial charge on any atom is 0.308 e. The Morgan fingerprint density at radius 1 is 1.27 bits per heavy atom. The van der Waals surface area contributed by atoms with Gasteiger partial charge in [0.25, 0.3) is 0 Å². The van der Waals surface area contributed by atoms with Crippen LogP contribution in [0.1, 0.15) is 38.7 Å². The minimum atomic E-state index is -0.888. The molecule has 0 saturated carbocycles. The number of carboxylic acid groups (broad SMARTS) is 1. The highest BCUT2D eigenvalue weighted by Gasteiger charge is 2.19. The quantitative estimate of drug-likeness (QED) is 0.737. The van der Waals surface area contributed by atoms with Gasteiger partial charge >= 0.3 is 5.97 Å². The summed E-state index contributed by atoms with van der Waals surface area (Å²) in [5.41, 5.74) is 0.594. The second-order valence-corrected chi connectivity index (χ2v) is 5.60. The highest BCUT2D eigenvalue weighted by Crippen LogP contribution is 2.13. The third-order valence-corrected chi connectivity index (χ3v) is 3.76. The monoisotopic (exact) mass is 309 g/mol. The second-order valence-electron chi connectivity index (χ2n) is 5.60. The zero-order chi connectivity index (χ0) is 16.5. The van der Waals surface area contributed by atoms with Gasteiger partial charge in [-0.2, -0.15) is 0 Å². The summed E-state index contributed by atoms with van der Waals surface area (Å²) < 4.78 is 13.5. The summed E-state index contributed by atoms with van der Waals surface area (Å²) in [5, 5.41) is 11.7. The SMILES string of the molecule is CCCC(CNC(=O)C(C)CCc1ccccc1F)C(=O)O. The molecule has 0 bridgehead atoms. The van der Waals surface area contributed by atoms with Crippen molar-refractivity contribution in [1.29, 1.82) is 0 Å². The van der Waals surface area contributed by atoms with Gasteiger partial charge in [0.2, 0.25) is 5.91 Å². The molecule has 22 heavy (non-hydrogen) atoms. The molecule has 122 valence electrons. The van der Waals surface area contributed by atoms with Crippen molar-refractivity contribution in [3.8, 4) is 0 Å². The van der Waals surface area contributed by atoms with E-state index in [1.807, 2.05) is 6.92 Å². The van der Waals surface area contributed by atoms with E-state index in [9.17, 15) is 14.0 Å². The zero-order valence-electron chi connectivity index (χ0n) is 13.1. The Bertz CT molecular complexity index is 504. The van der Waals surface area contributed by atoms with Gasteiger partial charge in [-0.25, -0.2) is 4.39 Å². The number of carbonyl (C=O) groups is 2. The highest BCUT2D eigenvalue weighted by atomic mass is 19.1. The summed E-state index contributed by atoms with van der Waals surface area (Å²) >= 11 is 0. The average molecular weight is 309 g/mol. The molecule has 0 aromatic heterocycles. The Hall–Kier alpha value is -1.91. The number of carboxylic acids is 1. The van der Waals surface area contributed by atoms with Gasteiger partial charge in [-0.1, -0.05) is 38.5 Å². The number of aliphatic carboxylic acids is 1. The second kappa shape index (κ2) is 9.18. The predicted molar refractivity (Wildman–Crippen MR) is 82.9 cm³/mol. The summed E-state index contributed by atoms with van der Waals surface area (Å²) in [4.78, 5) is 23.0. The fourth-order valence-corrected chi connectivity index (χ4v) is 2.26. The molecule has 5 heteroatoms. The molecular weight excluding hydrogens is 285 g/mol. The van der Waals surface area contributed by atoms with Crippen LogP contribution in [0.25, 0.3) is 0 Å². The van der Waals surface area contributed by atoms with Crippen molar-refractivity contribution in [2.45, 2.75) is 39.5 Å². The summed E-state index contributed by atoms with van der Waals surface area (Å²) in [5.74, 6) is -2.16. The van der Waals surface area contributed by atoms with Crippen LogP contribution in [0.2, 0.25) is 0 Å². The first-order valence-corrected chi connectivity index (χ1v) is 7.69. The minimum Gasteiger partial charge on any atom is -0.481 e. The van der Waals surface area contributed by atoms with Crippen LogP contribution in [0.5, 0.6) is 0 Å². The topological polar surface area (TPSA) is 66.4 Å². The normalized spacial score (nSPS) is 13.4. The van der Waals surface area contributed by atoms with Crippen LogP contribution in [-0.2, 0) is 16.0 Å². The van der Waals surface area contributed by atoms with Gasteiger partial charge in [-0.3, -0.25) is 9.59 Å². The Morgan fingerprint density at radius 3 is 2.55 bits per heavy atom. The lowest BCUT2D eigenvalue weighted by molar-refractivity contribution is -0.142. The Labute approximate surface area is 130 Å². The van der Waals surface area contributed by atoms with Crippen molar-refractivity contribution in [3.63, 3.8) is 0 Å². The third kappa shape index (κ3) is 5.84. The van der Waals surface area contributed by atoms with Crippen molar-refractivity contribution in [2.75, 3.05) is 6.54 Å².